The molecule has 56 valence electrons. The van der Waals surface area contributed by atoms with Crippen molar-refractivity contribution in [2.24, 2.45) is 0 Å². The van der Waals surface area contributed by atoms with Crippen molar-refractivity contribution in [3.63, 3.8) is 0 Å². The summed E-state index contributed by atoms with van der Waals surface area (Å²) in [4.78, 5) is 0.687. The van der Waals surface area contributed by atoms with Crippen LogP contribution in [0.4, 0.5) is 0 Å². The number of hydrogen-bond donors (Lipinski definition) is 1. The lowest BCUT2D eigenvalue weighted by Gasteiger charge is -2.03. The zero-order chi connectivity index (χ0) is 8.27. The monoisotopic (exact) mass is 165 g/mol. The van der Waals surface area contributed by atoms with Crippen molar-refractivity contribution in [3.8, 4) is 11.8 Å². The molecule has 0 unspecified atom stereocenters. The molecule has 1 aromatic rings. The van der Waals surface area contributed by atoms with Crippen molar-refractivity contribution in [1.82, 2.24) is 0 Å². The van der Waals surface area contributed by atoms with Crippen molar-refractivity contribution in [2.75, 3.05) is 7.11 Å². The van der Waals surface area contributed by atoms with Gasteiger partial charge in [-0.15, -0.1) is 12.6 Å². The molecule has 1 aromatic carbocycles. The van der Waals surface area contributed by atoms with E-state index in [0.29, 0.717) is 16.2 Å². The van der Waals surface area contributed by atoms with Crippen LogP contribution in [-0.2, 0) is 0 Å². The second kappa shape index (κ2) is 3.31. The highest BCUT2D eigenvalue weighted by Gasteiger charge is 2.03. The summed E-state index contributed by atoms with van der Waals surface area (Å²) in [5, 5.41) is 8.61. The van der Waals surface area contributed by atoms with Crippen LogP contribution >= 0.6 is 12.6 Å². The Morgan fingerprint density at radius 1 is 1.55 bits per heavy atom. The van der Waals surface area contributed by atoms with Gasteiger partial charge in [-0.05, 0) is 12.1 Å². The molecule has 2 nitrogen and oxygen atoms in total. The lowest BCUT2D eigenvalue weighted by Crippen LogP contribution is -1.88. The number of rotatable bonds is 1. The Bertz CT molecular complexity index is 303. The smallest absolute Gasteiger partial charge is 0.149 e. The Labute approximate surface area is 70.8 Å². The molecular weight excluding hydrogens is 158 g/mol. The van der Waals surface area contributed by atoms with Crippen LogP contribution < -0.4 is 4.74 Å². The van der Waals surface area contributed by atoms with Gasteiger partial charge >= 0.3 is 0 Å². The zero-order valence-electron chi connectivity index (χ0n) is 6.03. The number of nitrogens with zero attached hydrogens (tertiary/aromatic N) is 1. The van der Waals surface area contributed by atoms with Gasteiger partial charge in [-0.25, -0.2) is 0 Å². The standard InChI is InChI=1S/C8H7NOS/c1-10-8-6(5-9)3-2-4-7(8)11/h2-4,11H,1H3. The van der Waals surface area contributed by atoms with E-state index in [0.717, 1.165) is 0 Å². The van der Waals surface area contributed by atoms with E-state index in [1.165, 1.54) is 7.11 Å². The summed E-state index contributed by atoms with van der Waals surface area (Å²) in [6.45, 7) is 0. The molecule has 0 N–H and O–H groups in total. The van der Waals surface area contributed by atoms with Gasteiger partial charge in [0.05, 0.1) is 12.7 Å². The van der Waals surface area contributed by atoms with E-state index in [1.807, 2.05) is 6.07 Å². The second-order valence-corrected chi connectivity index (χ2v) is 2.45. The van der Waals surface area contributed by atoms with E-state index in [4.69, 9.17) is 10.00 Å². The fraction of sp³-hybridized carbons (Fsp3) is 0.125. The van der Waals surface area contributed by atoms with Gasteiger partial charge in [-0.3, -0.25) is 0 Å². The summed E-state index contributed by atoms with van der Waals surface area (Å²) in [5.41, 5.74) is 0.514. The molecule has 0 heterocycles. The summed E-state index contributed by atoms with van der Waals surface area (Å²) >= 11 is 4.13. The van der Waals surface area contributed by atoms with Crippen LogP contribution in [0, 0.1) is 11.3 Å². The summed E-state index contributed by atoms with van der Waals surface area (Å²) < 4.78 is 4.97. The Morgan fingerprint density at radius 2 is 2.27 bits per heavy atom. The molecule has 0 aromatic heterocycles. The zero-order valence-corrected chi connectivity index (χ0v) is 6.93. The summed E-state index contributed by atoms with van der Waals surface area (Å²) in [5.74, 6) is 0.540. The topological polar surface area (TPSA) is 33.0 Å². The van der Waals surface area contributed by atoms with Crippen LogP contribution in [0.5, 0.6) is 5.75 Å². The van der Waals surface area contributed by atoms with Crippen molar-refractivity contribution in [2.45, 2.75) is 4.90 Å². The largest absolute Gasteiger partial charge is 0.494 e. The highest BCUT2D eigenvalue weighted by atomic mass is 32.1. The Hall–Kier alpha value is -1.14. The van der Waals surface area contributed by atoms with E-state index in [2.05, 4.69) is 12.6 Å². The lowest BCUT2D eigenvalue weighted by molar-refractivity contribution is 0.403. The van der Waals surface area contributed by atoms with E-state index in [9.17, 15) is 0 Å². The molecule has 0 fully saturated rings. The van der Waals surface area contributed by atoms with Gasteiger partial charge in [-0.2, -0.15) is 5.26 Å². The van der Waals surface area contributed by atoms with Gasteiger partial charge in [0.15, 0.2) is 0 Å². The molecule has 1 rings (SSSR count). The SMILES string of the molecule is COc1c(S)cccc1C#N. The first-order valence-electron chi connectivity index (χ1n) is 3.05. The van der Waals surface area contributed by atoms with Crippen molar-refractivity contribution in [1.29, 1.82) is 5.26 Å². The average Bonchev–Trinajstić information content (AvgIpc) is 2.04. The lowest BCUT2D eigenvalue weighted by atomic mass is 10.2. The normalized spacial score (nSPS) is 8.82. The maximum Gasteiger partial charge on any atom is 0.149 e. The van der Waals surface area contributed by atoms with Crippen molar-refractivity contribution < 1.29 is 4.74 Å². The van der Waals surface area contributed by atoms with E-state index >= 15 is 0 Å². The summed E-state index contributed by atoms with van der Waals surface area (Å²) in [7, 11) is 1.52. The molecule has 0 amide bonds. The third kappa shape index (κ3) is 1.47. The minimum atomic E-state index is 0.514. The number of ether oxygens (including phenoxy) is 1. The number of benzene rings is 1. The molecule has 0 saturated heterocycles. The molecule has 11 heavy (non-hydrogen) atoms. The third-order valence-corrected chi connectivity index (χ3v) is 1.67. The predicted octanol–water partition coefficient (Wildman–Crippen LogP) is 1.86. The maximum absolute atomic E-state index is 8.61. The molecule has 0 aliphatic heterocycles. The fourth-order valence-corrected chi connectivity index (χ4v) is 1.13. The van der Waals surface area contributed by atoms with Crippen LogP contribution in [0.15, 0.2) is 23.1 Å². The predicted molar refractivity (Wildman–Crippen MR) is 45.0 cm³/mol. The molecule has 0 saturated carbocycles. The van der Waals surface area contributed by atoms with Gasteiger partial charge in [0.2, 0.25) is 0 Å². The van der Waals surface area contributed by atoms with Crippen LogP contribution in [0.3, 0.4) is 0 Å². The molecule has 0 aliphatic carbocycles. The molecule has 0 aliphatic rings. The van der Waals surface area contributed by atoms with Gasteiger partial charge in [-0.1, -0.05) is 6.07 Å². The van der Waals surface area contributed by atoms with Gasteiger partial charge in [0, 0.05) is 4.90 Å². The highest BCUT2D eigenvalue weighted by Crippen LogP contribution is 2.25. The third-order valence-electron chi connectivity index (χ3n) is 1.32. The number of thiol groups is 1. The maximum atomic E-state index is 8.61. The van der Waals surface area contributed by atoms with Crippen molar-refractivity contribution >= 4 is 12.6 Å². The number of para-hydroxylation sites is 1. The fourth-order valence-electron chi connectivity index (χ4n) is 0.827. The number of hydrogen-bond acceptors (Lipinski definition) is 3. The van der Waals surface area contributed by atoms with Crippen molar-refractivity contribution in [3.05, 3.63) is 23.8 Å². The number of nitriles is 1. The van der Waals surface area contributed by atoms with Crippen LogP contribution in [0.25, 0.3) is 0 Å². The summed E-state index contributed by atoms with van der Waals surface area (Å²) in [6.07, 6.45) is 0. The van der Waals surface area contributed by atoms with Gasteiger partial charge in [0.25, 0.3) is 0 Å². The average molecular weight is 165 g/mol. The Morgan fingerprint density at radius 3 is 2.73 bits per heavy atom. The van der Waals surface area contributed by atoms with Gasteiger partial charge in [0.1, 0.15) is 11.8 Å². The first-order chi connectivity index (χ1) is 5.29. The van der Waals surface area contributed by atoms with Gasteiger partial charge < -0.3 is 4.74 Å². The highest BCUT2D eigenvalue weighted by molar-refractivity contribution is 7.80. The molecule has 3 heteroatoms. The Balaban J connectivity index is 3.27. The van der Waals surface area contributed by atoms with E-state index in [1.54, 1.807) is 18.2 Å². The molecule has 0 atom stereocenters. The minimum Gasteiger partial charge on any atom is -0.494 e. The van der Waals surface area contributed by atoms with Crippen LogP contribution in [-0.4, -0.2) is 7.11 Å². The molecule has 0 bridgehead atoms. The van der Waals surface area contributed by atoms with E-state index < -0.39 is 0 Å². The first kappa shape index (κ1) is 7.96. The molecule has 0 spiro atoms. The second-order valence-electron chi connectivity index (χ2n) is 1.97. The quantitative estimate of drug-likeness (QED) is 0.644. The van der Waals surface area contributed by atoms with E-state index in [-0.39, 0.29) is 0 Å². The molecule has 0 radical (unpaired) electrons. The Kier molecular flexibility index (Phi) is 2.40. The first-order valence-corrected chi connectivity index (χ1v) is 3.50. The summed E-state index contributed by atoms with van der Waals surface area (Å²) in [6, 6.07) is 7.25. The van der Waals surface area contributed by atoms with Crippen LogP contribution in [0.1, 0.15) is 5.56 Å². The minimum absolute atomic E-state index is 0.514. The van der Waals surface area contributed by atoms with Crippen LogP contribution in [0.2, 0.25) is 0 Å². The number of methoxy groups -OCH3 is 1. The molecular formula is C8H7NOS.